The second-order valence-corrected chi connectivity index (χ2v) is 5.21. The molecule has 0 saturated carbocycles. The molecule has 6 heteroatoms. The number of aromatic nitrogens is 2. The average Bonchev–Trinajstić information content (AvgIpc) is 2.92. The Kier molecular flexibility index (Phi) is 3.99. The molecule has 0 bridgehead atoms. The van der Waals surface area contributed by atoms with Crippen LogP contribution in [0.15, 0.2) is 22.8 Å². The van der Waals surface area contributed by atoms with Crippen LogP contribution in [-0.4, -0.2) is 34.1 Å². The lowest BCUT2D eigenvalue weighted by Crippen LogP contribution is -2.37. The van der Waals surface area contributed by atoms with E-state index in [9.17, 15) is 4.79 Å². The minimum atomic E-state index is -0.102. The van der Waals surface area contributed by atoms with Gasteiger partial charge in [0.15, 0.2) is 11.6 Å². The number of nitrogens with zero attached hydrogens (tertiary/aromatic N) is 3. The predicted molar refractivity (Wildman–Crippen MR) is 70.5 cm³/mol. The molecular weight excluding hydrogens is 258 g/mol. The summed E-state index contributed by atoms with van der Waals surface area (Å²) >= 11 is 0. The molecule has 2 aliphatic rings. The molecule has 0 aromatic carbocycles. The fourth-order valence-corrected chi connectivity index (χ4v) is 2.79. The smallest absolute Gasteiger partial charge is 0.289 e. The van der Waals surface area contributed by atoms with Crippen molar-refractivity contribution < 1.29 is 14.1 Å². The zero-order chi connectivity index (χ0) is 13.8. The van der Waals surface area contributed by atoms with Gasteiger partial charge in [0.25, 0.3) is 5.91 Å². The van der Waals surface area contributed by atoms with Gasteiger partial charge in [-0.25, -0.2) is 0 Å². The average molecular weight is 277 g/mol. The summed E-state index contributed by atoms with van der Waals surface area (Å²) in [4.78, 5) is 18.6. The van der Waals surface area contributed by atoms with Crippen molar-refractivity contribution in [3.8, 4) is 0 Å². The van der Waals surface area contributed by atoms with Gasteiger partial charge in [-0.2, -0.15) is 4.98 Å². The Morgan fingerprint density at radius 2 is 2.25 bits per heavy atom. The molecule has 2 aliphatic heterocycles. The van der Waals surface area contributed by atoms with Crippen LogP contribution in [0.4, 0.5) is 0 Å². The summed E-state index contributed by atoms with van der Waals surface area (Å²) in [7, 11) is 0. The highest BCUT2D eigenvalue weighted by molar-refractivity contribution is 5.91. The lowest BCUT2D eigenvalue weighted by molar-refractivity contribution is -0.133. The summed E-state index contributed by atoms with van der Waals surface area (Å²) in [5.74, 6) is 1.03. The molecule has 1 aromatic rings. The van der Waals surface area contributed by atoms with Crippen LogP contribution in [-0.2, 0) is 9.53 Å². The third-order valence-corrected chi connectivity index (χ3v) is 3.84. The largest absolute Gasteiger partial charge is 0.488 e. The van der Waals surface area contributed by atoms with Crippen molar-refractivity contribution in [3.05, 3.63) is 24.1 Å². The van der Waals surface area contributed by atoms with Crippen LogP contribution in [0.25, 0.3) is 0 Å². The van der Waals surface area contributed by atoms with E-state index in [0.29, 0.717) is 18.2 Å². The van der Waals surface area contributed by atoms with E-state index < -0.39 is 0 Å². The SMILES string of the molecule is O=C(C1=CCCCO1)N1CCCCCC1c1ncon1. The number of rotatable bonds is 2. The van der Waals surface area contributed by atoms with E-state index in [4.69, 9.17) is 9.26 Å². The Morgan fingerprint density at radius 1 is 1.30 bits per heavy atom. The second kappa shape index (κ2) is 6.07. The van der Waals surface area contributed by atoms with Crippen LogP contribution in [0.1, 0.15) is 50.4 Å². The maximum atomic E-state index is 12.7. The molecule has 6 nitrogen and oxygen atoms in total. The molecule has 0 aliphatic carbocycles. The van der Waals surface area contributed by atoms with Gasteiger partial charge in [-0.3, -0.25) is 4.79 Å². The van der Waals surface area contributed by atoms with E-state index >= 15 is 0 Å². The first kappa shape index (κ1) is 13.1. The number of hydrogen-bond donors (Lipinski definition) is 0. The Morgan fingerprint density at radius 3 is 3.00 bits per heavy atom. The van der Waals surface area contributed by atoms with Gasteiger partial charge >= 0.3 is 0 Å². The van der Waals surface area contributed by atoms with Gasteiger partial charge in [0.05, 0.1) is 12.6 Å². The monoisotopic (exact) mass is 277 g/mol. The topological polar surface area (TPSA) is 68.5 Å². The molecule has 3 rings (SSSR count). The molecule has 1 amide bonds. The zero-order valence-electron chi connectivity index (χ0n) is 11.5. The molecule has 1 fully saturated rings. The summed E-state index contributed by atoms with van der Waals surface area (Å²) in [6.07, 6.45) is 9.17. The lowest BCUT2D eigenvalue weighted by Gasteiger charge is -2.29. The van der Waals surface area contributed by atoms with Crippen molar-refractivity contribution >= 4 is 5.91 Å². The fraction of sp³-hybridized carbons (Fsp3) is 0.643. The quantitative estimate of drug-likeness (QED) is 0.829. The molecule has 0 N–H and O–H groups in total. The van der Waals surface area contributed by atoms with Crippen LogP contribution in [0.3, 0.4) is 0 Å². The highest BCUT2D eigenvalue weighted by atomic mass is 16.5. The Labute approximate surface area is 117 Å². The van der Waals surface area contributed by atoms with Crippen LogP contribution in [0.2, 0.25) is 0 Å². The number of carbonyl (C=O) groups excluding carboxylic acids is 1. The van der Waals surface area contributed by atoms with Crippen LogP contribution in [0, 0.1) is 0 Å². The van der Waals surface area contributed by atoms with Crippen LogP contribution < -0.4 is 0 Å². The number of amides is 1. The van der Waals surface area contributed by atoms with Crippen molar-refractivity contribution in [1.82, 2.24) is 15.0 Å². The van der Waals surface area contributed by atoms with E-state index in [0.717, 1.165) is 45.1 Å². The molecule has 0 spiro atoms. The van der Waals surface area contributed by atoms with Crippen LogP contribution >= 0.6 is 0 Å². The van der Waals surface area contributed by atoms with E-state index in [-0.39, 0.29) is 11.9 Å². The summed E-state index contributed by atoms with van der Waals surface area (Å²) in [6, 6.07) is -0.102. The van der Waals surface area contributed by atoms with Crippen molar-refractivity contribution in [3.63, 3.8) is 0 Å². The fourth-order valence-electron chi connectivity index (χ4n) is 2.79. The number of ether oxygens (including phenoxy) is 1. The maximum Gasteiger partial charge on any atom is 0.289 e. The molecule has 1 atom stereocenters. The first-order chi connectivity index (χ1) is 9.86. The molecule has 20 heavy (non-hydrogen) atoms. The number of carbonyl (C=O) groups is 1. The van der Waals surface area contributed by atoms with Gasteiger partial charge in [-0.15, -0.1) is 0 Å². The minimum Gasteiger partial charge on any atom is -0.488 e. The highest BCUT2D eigenvalue weighted by Gasteiger charge is 2.32. The minimum absolute atomic E-state index is 0.0404. The molecule has 1 aromatic heterocycles. The Balaban J connectivity index is 1.83. The molecular formula is C14H19N3O3. The van der Waals surface area contributed by atoms with Gasteiger partial charge in [0.2, 0.25) is 6.39 Å². The molecule has 0 radical (unpaired) electrons. The van der Waals surface area contributed by atoms with Crippen LogP contribution in [0.5, 0.6) is 0 Å². The first-order valence-corrected chi connectivity index (χ1v) is 7.26. The molecule has 3 heterocycles. The molecule has 1 saturated heterocycles. The molecule has 1 unspecified atom stereocenters. The maximum absolute atomic E-state index is 12.7. The van der Waals surface area contributed by atoms with Crippen molar-refractivity contribution in [2.45, 2.75) is 44.6 Å². The van der Waals surface area contributed by atoms with Crippen molar-refractivity contribution in [2.24, 2.45) is 0 Å². The summed E-state index contributed by atoms with van der Waals surface area (Å²) < 4.78 is 10.3. The Hall–Kier alpha value is -1.85. The first-order valence-electron chi connectivity index (χ1n) is 7.26. The number of likely N-dealkylation sites (tertiary alicyclic amines) is 1. The van der Waals surface area contributed by atoms with E-state index in [1.54, 1.807) is 0 Å². The number of allylic oxidation sites excluding steroid dienone is 1. The van der Waals surface area contributed by atoms with E-state index in [1.165, 1.54) is 6.39 Å². The third-order valence-electron chi connectivity index (χ3n) is 3.84. The second-order valence-electron chi connectivity index (χ2n) is 5.21. The highest BCUT2D eigenvalue weighted by Crippen LogP contribution is 2.30. The summed E-state index contributed by atoms with van der Waals surface area (Å²) in [5.41, 5.74) is 0. The normalized spacial score (nSPS) is 23.7. The summed E-state index contributed by atoms with van der Waals surface area (Å²) in [6.45, 7) is 1.34. The van der Waals surface area contributed by atoms with E-state index in [2.05, 4.69) is 10.1 Å². The van der Waals surface area contributed by atoms with Gasteiger partial charge < -0.3 is 14.2 Å². The van der Waals surface area contributed by atoms with Gasteiger partial charge in [-0.1, -0.05) is 18.0 Å². The van der Waals surface area contributed by atoms with Gasteiger partial charge in [0.1, 0.15) is 0 Å². The zero-order valence-corrected chi connectivity index (χ0v) is 11.5. The third kappa shape index (κ3) is 2.69. The van der Waals surface area contributed by atoms with Gasteiger partial charge in [0, 0.05) is 6.54 Å². The summed E-state index contributed by atoms with van der Waals surface area (Å²) in [5, 5.41) is 3.92. The lowest BCUT2D eigenvalue weighted by atomic mass is 10.1. The Bertz CT molecular complexity index is 484. The standard InChI is InChI=1S/C14H19N3O3/c18-14(12-7-3-5-9-19-12)17-8-4-1-2-6-11(17)13-15-10-20-16-13/h7,10-11H,1-6,8-9H2. The van der Waals surface area contributed by atoms with E-state index in [1.807, 2.05) is 11.0 Å². The molecule has 108 valence electrons. The number of hydrogen-bond acceptors (Lipinski definition) is 5. The van der Waals surface area contributed by atoms with Crippen molar-refractivity contribution in [2.75, 3.05) is 13.2 Å². The van der Waals surface area contributed by atoms with Gasteiger partial charge in [-0.05, 0) is 31.8 Å². The predicted octanol–water partition coefficient (Wildman–Crippen LogP) is 2.21. The van der Waals surface area contributed by atoms with Crippen molar-refractivity contribution in [1.29, 1.82) is 0 Å².